The summed E-state index contributed by atoms with van der Waals surface area (Å²) in [6, 6.07) is 32.3. The summed E-state index contributed by atoms with van der Waals surface area (Å²) in [7, 11) is 2.94. The zero-order valence-corrected chi connectivity index (χ0v) is 14.4. The molecule has 0 amide bonds. The van der Waals surface area contributed by atoms with E-state index in [-0.39, 0.29) is 21.9 Å². The molecule has 3 aromatic rings. The monoisotopic (exact) mass is 348 g/mol. The maximum Gasteiger partial charge on any atom is 2.00 e. The van der Waals surface area contributed by atoms with Crippen molar-refractivity contribution in [3.8, 4) is 0 Å². The molecule has 0 aliphatic rings. The molecule has 3 aromatic carbocycles. The summed E-state index contributed by atoms with van der Waals surface area (Å²) < 4.78 is 0. The van der Waals surface area contributed by atoms with Gasteiger partial charge in [0.1, 0.15) is 0 Å². The summed E-state index contributed by atoms with van der Waals surface area (Å²) in [5, 5.41) is 0. The molecule has 0 fully saturated rings. The molecule has 112 valence electrons. The standard InChI is InChI=1S/C20H19P.Ni/c21-16-20(17-10-4-1-5-11-17,18-12-6-2-7-13-18)19-14-8-3-9-15-19;/h1-15H,16,21H2;/q;+2. The molecule has 0 aliphatic carbocycles. The zero-order valence-electron chi connectivity index (χ0n) is 12.3. The minimum Gasteiger partial charge on any atom is -0.136 e. The molecule has 0 radical (unpaired) electrons. The van der Waals surface area contributed by atoms with E-state index in [4.69, 9.17) is 0 Å². The van der Waals surface area contributed by atoms with E-state index in [0.29, 0.717) is 0 Å². The number of hydrogen-bond acceptors (Lipinski definition) is 0. The first-order chi connectivity index (χ1) is 10.4. The molecule has 0 saturated carbocycles. The molecular weight excluding hydrogens is 330 g/mol. The second-order valence-corrected chi connectivity index (χ2v) is 5.62. The summed E-state index contributed by atoms with van der Waals surface area (Å²) in [5.41, 5.74) is 3.88. The van der Waals surface area contributed by atoms with Gasteiger partial charge < -0.3 is 0 Å². The van der Waals surface area contributed by atoms with Crippen molar-refractivity contribution in [3.63, 3.8) is 0 Å². The minimum absolute atomic E-state index is 0. The molecule has 0 bridgehead atoms. The van der Waals surface area contributed by atoms with Crippen molar-refractivity contribution in [3.05, 3.63) is 108 Å². The average Bonchev–Trinajstić information content (AvgIpc) is 2.59. The minimum atomic E-state index is -0.117. The Hall–Kier alpha value is -1.42. The van der Waals surface area contributed by atoms with Gasteiger partial charge in [-0.05, 0) is 22.9 Å². The van der Waals surface area contributed by atoms with Crippen LogP contribution in [0.4, 0.5) is 0 Å². The Morgan fingerprint density at radius 3 is 1.05 bits per heavy atom. The molecule has 22 heavy (non-hydrogen) atoms. The third kappa shape index (κ3) is 3.02. The summed E-state index contributed by atoms with van der Waals surface area (Å²) in [5.74, 6) is 0. The number of benzene rings is 3. The van der Waals surface area contributed by atoms with Gasteiger partial charge in [0.15, 0.2) is 0 Å². The quantitative estimate of drug-likeness (QED) is 0.357. The molecule has 0 spiro atoms. The average molecular weight is 349 g/mol. The van der Waals surface area contributed by atoms with Crippen LogP contribution in [0.15, 0.2) is 91.0 Å². The summed E-state index contributed by atoms with van der Waals surface area (Å²) in [4.78, 5) is 0. The second kappa shape index (κ2) is 7.73. The van der Waals surface area contributed by atoms with E-state index in [9.17, 15) is 0 Å². The Labute approximate surface area is 145 Å². The maximum absolute atomic E-state index is 2.94. The van der Waals surface area contributed by atoms with Crippen molar-refractivity contribution in [2.75, 3.05) is 6.16 Å². The van der Waals surface area contributed by atoms with E-state index < -0.39 is 0 Å². The van der Waals surface area contributed by atoms with Crippen LogP contribution in [-0.2, 0) is 21.9 Å². The van der Waals surface area contributed by atoms with Crippen LogP contribution in [0.5, 0.6) is 0 Å². The van der Waals surface area contributed by atoms with Gasteiger partial charge in [-0.1, -0.05) is 91.0 Å². The van der Waals surface area contributed by atoms with Crippen LogP contribution in [0.25, 0.3) is 0 Å². The largest absolute Gasteiger partial charge is 2.00 e. The molecule has 0 nitrogen and oxygen atoms in total. The Morgan fingerprint density at radius 1 is 0.545 bits per heavy atom. The van der Waals surface area contributed by atoms with Gasteiger partial charge in [0.2, 0.25) is 0 Å². The molecule has 0 aromatic heterocycles. The van der Waals surface area contributed by atoms with Crippen LogP contribution in [-0.4, -0.2) is 6.16 Å². The van der Waals surface area contributed by atoms with Gasteiger partial charge in [-0.15, -0.1) is 9.24 Å². The Kier molecular flexibility index (Phi) is 5.95. The van der Waals surface area contributed by atoms with Gasteiger partial charge in [-0.25, -0.2) is 0 Å². The fourth-order valence-corrected chi connectivity index (χ4v) is 3.73. The number of rotatable bonds is 4. The van der Waals surface area contributed by atoms with Crippen molar-refractivity contribution in [1.29, 1.82) is 0 Å². The molecule has 1 unspecified atom stereocenters. The molecule has 3 rings (SSSR count). The van der Waals surface area contributed by atoms with E-state index in [2.05, 4.69) is 100 Å². The zero-order chi connectivity index (χ0) is 14.5. The van der Waals surface area contributed by atoms with Crippen LogP contribution in [0.3, 0.4) is 0 Å². The molecular formula is C20H19NiP+2. The Balaban J connectivity index is 0.00000176. The van der Waals surface area contributed by atoms with Crippen molar-refractivity contribution >= 4 is 9.24 Å². The molecule has 0 heterocycles. The summed E-state index contributed by atoms with van der Waals surface area (Å²) in [6.45, 7) is 0. The molecule has 0 aliphatic heterocycles. The first-order valence-electron chi connectivity index (χ1n) is 7.24. The molecule has 1 atom stereocenters. The molecule has 0 N–H and O–H groups in total. The Bertz CT molecular complexity index is 584. The second-order valence-electron chi connectivity index (χ2n) is 5.21. The van der Waals surface area contributed by atoms with E-state index >= 15 is 0 Å². The van der Waals surface area contributed by atoms with Crippen LogP contribution >= 0.6 is 9.24 Å². The van der Waals surface area contributed by atoms with Crippen LogP contribution in [0.2, 0.25) is 0 Å². The Morgan fingerprint density at radius 2 is 0.818 bits per heavy atom. The van der Waals surface area contributed by atoms with Gasteiger partial charge in [0, 0.05) is 5.41 Å². The van der Waals surface area contributed by atoms with E-state index in [1.54, 1.807) is 0 Å². The van der Waals surface area contributed by atoms with Crippen LogP contribution in [0, 0.1) is 0 Å². The van der Waals surface area contributed by atoms with E-state index in [1.807, 2.05) is 0 Å². The fourth-order valence-electron chi connectivity index (χ4n) is 3.02. The van der Waals surface area contributed by atoms with Gasteiger partial charge in [-0.2, -0.15) is 0 Å². The smallest absolute Gasteiger partial charge is 0.136 e. The van der Waals surface area contributed by atoms with Gasteiger partial charge >= 0.3 is 16.5 Å². The van der Waals surface area contributed by atoms with Gasteiger partial charge in [0.05, 0.1) is 0 Å². The van der Waals surface area contributed by atoms with Gasteiger partial charge in [0.25, 0.3) is 0 Å². The van der Waals surface area contributed by atoms with E-state index in [1.165, 1.54) is 16.7 Å². The maximum atomic E-state index is 2.94. The topological polar surface area (TPSA) is 0 Å². The summed E-state index contributed by atoms with van der Waals surface area (Å²) in [6.07, 6.45) is 0.949. The predicted octanol–water partition coefficient (Wildman–Crippen LogP) is 4.89. The van der Waals surface area contributed by atoms with Crippen molar-refractivity contribution in [2.24, 2.45) is 0 Å². The fraction of sp³-hybridized carbons (Fsp3) is 0.100. The van der Waals surface area contributed by atoms with Crippen molar-refractivity contribution in [1.82, 2.24) is 0 Å². The third-order valence-corrected chi connectivity index (χ3v) is 4.72. The SMILES string of the molecule is PCC(c1ccccc1)(c1ccccc1)c1ccccc1.[Ni+2]. The predicted molar refractivity (Wildman–Crippen MR) is 93.8 cm³/mol. The van der Waals surface area contributed by atoms with Crippen LogP contribution in [0.1, 0.15) is 16.7 Å². The van der Waals surface area contributed by atoms with Crippen molar-refractivity contribution in [2.45, 2.75) is 5.41 Å². The number of hydrogen-bond donors (Lipinski definition) is 0. The molecule has 2 heteroatoms. The van der Waals surface area contributed by atoms with Crippen molar-refractivity contribution < 1.29 is 16.5 Å². The van der Waals surface area contributed by atoms with Crippen LogP contribution < -0.4 is 0 Å². The summed E-state index contributed by atoms with van der Waals surface area (Å²) >= 11 is 0. The van der Waals surface area contributed by atoms with E-state index in [0.717, 1.165) is 6.16 Å². The molecule has 0 saturated heterocycles. The normalized spacial score (nSPS) is 10.8. The first kappa shape index (κ1) is 16.9. The first-order valence-corrected chi connectivity index (χ1v) is 8.06. The van der Waals surface area contributed by atoms with Gasteiger partial charge in [-0.3, -0.25) is 0 Å². The third-order valence-electron chi connectivity index (χ3n) is 4.11.